The molecule has 0 saturated heterocycles. The van der Waals surface area contributed by atoms with Crippen molar-refractivity contribution in [3.63, 3.8) is 0 Å². The van der Waals surface area contributed by atoms with Crippen molar-refractivity contribution < 1.29 is 14.6 Å². The monoisotopic (exact) mass is 284 g/mol. The number of benzene rings is 1. The van der Waals surface area contributed by atoms with Crippen LogP contribution in [0.2, 0.25) is 0 Å². The van der Waals surface area contributed by atoms with Crippen molar-refractivity contribution in [2.24, 2.45) is 0 Å². The fourth-order valence-electron chi connectivity index (χ4n) is 1.12. The first-order chi connectivity index (χ1) is 8.47. The number of rotatable bonds is 5. The van der Waals surface area contributed by atoms with Crippen LogP contribution in [0.15, 0.2) is 30.3 Å². The van der Waals surface area contributed by atoms with Crippen LogP contribution in [0.4, 0.5) is 0 Å². The highest BCUT2D eigenvalue weighted by molar-refractivity contribution is 8.24. The van der Waals surface area contributed by atoms with Crippen molar-refractivity contribution in [1.82, 2.24) is 0 Å². The van der Waals surface area contributed by atoms with E-state index in [4.69, 9.17) is 12.2 Å². The predicted octanol–water partition coefficient (Wildman–Crippen LogP) is 3.37. The molecule has 0 aliphatic rings. The first kappa shape index (κ1) is 15.1. The van der Waals surface area contributed by atoms with Gasteiger partial charge in [0, 0.05) is 0 Å². The molecular weight excluding hydrogens is 268 g/mol. The van der Waals surface area contributed by atoms with Crippen molar-refractivity contribution in [3.8, 4) is 0 Å². The van der Waals surface area contributed by atoms with Gasteiger partial charge in [-0.1, -0.05) is 54.3 Å². The number of hydrogen-bond acceptors (Lipinski definition) is 5. The molecule has 1 aromatic carbocycles. The fraction of sp³-hybridized carbons (Fsp3) is 0.385. The molecule has 0 atom stereocenters. The van der Waals surface area contributed by atoms with Crippen LogP contribution in [0.5, 0.6) is 0 Å². The summed E-state index contributed by atoms with van der Waals surface area (Å²) in [6.07, 6.45) is 0. The van der Waals surface area contributed by atoms with Gasteiger partial charge < -0.3 is 0 Å². The Balaban J connectivity index is 2.65. The molecule has 0 radical (unpaired) electrons. The summed E-state index contributed by atoms with van der Waals surface area (Å²) in [5.74, 6) is -0.437. The Labute approximate surface area is 117 Å². The molecule has 0 fully saturated rings. The minimum atomic E-state index is -0.776. The highest BCUT2D eigenvalue weighted by Gasteiger charge is 2.33. The molecule has 0 aliphatic heterocycles. The minimum Gasteiger partial charge on any atom is -0.297 e. The van der Waals surface area contributed by atoms with Gasteiger partial charge in [0.1, 0.15) is 4.75 Å². The van der Waals surface area contributed by atoms with E-state index in [1.807, 2.05) is 30.3 Å². The third kappa shape index (κ3) is 4.40. The molecule has 18 heavy (non-hydrogen) atoms. The first-order valence-electron chi connectivity index (χ1n) is 5.59. The second-order valence-corrected chi connectivity index (χ2v) is 6.34. The fourth-order valence-corrected chi connectivity index (χ4v) is 2.72. The SMILES string of the molecule is CCOOC(=O)C(C)(C)SC(=S)c1ccccc1. The molecular formula is C13H16O3S2. The van der Waals surface area contributed by atoms with E-state index in [0.29, 0.717) is 10.8 Å². The van der Waals surface area contributed by atoms with E-state index in [2.05, 4.69) is 9.78 Å². The lowest BCUT2D eigenvalue weighted by atomic mass is 10.2. The lowest BCUT2D eigenvalue weighted by Gasteiger charge is -2.20. The predicted molar refractivity (Wildman–Crippen MR) is 77.5 cm³/mol. The highest BCUT2D eigenvalue weighted by Crippen LogP contribution is 2.30. The van der Waals surface area contributed by atoms with Gasteiger partial charge in [-0.05, 0) is 26.3 Å². The number of thiocarbonyl (C=S) groups is 1. The van der Waals surface area contributed by atoms with E-state index in [1.54, 1.807) is 20.8 Å². The molecule has 0 spiro atoms. The molecule has 0 N–H and O–H groups in total. The van der Waals surface area contributed by atoms with Crippen molar-refractivity contribution in [3.05, 3.63) is 35.9 Å². The molecule has 98 valence electrons. The molecule has 0 unspecified atom stereocenters. The molecule has 3 nitrogen and oxygen atoms in total. The molecule has 0 bridgehead atoms. The van der Waals surface area contributed by atoms with Gasteiger partial charge in [0.05, 0.1) is 10.8 Å². The average Bonchev–Trinajstić information content (AvgIpc) is 2.36. The van der Waals surface area contributed by atoms with Crippen molar-refractivity contribution in [1.29, 1.82) is 0 Å². The summed E-state index contributed by atoms with van der Waals surface area (Å²) in [5.41, 5.74) is 0.926. The summed E-state index contributed by atoms with van der Waals surface area (Å²) in [4.78, 5) is 21.1. The summed E-state index contributed by atoms with van der Waals surface area (Å²) in [5, 5.41) is 0. The molecule has 0 aromatic heterocycles. The van der Waals surface area contributed by atoms with E-state index >= 15 is 0 Å². The standard InChI is InChI=1S/C13H16O3S2/c1-4-15-16-12(14)13(2,3)18-11(17)10-8-6-5-7-9-10/h5-9H,4H2,1-3H3. The second kappa shape index (κ2) is 6.87. The third-order valence-electron chi connectivity index (χ3n) is 2.10. The second-order valence-electron chi connectivity index (χ2n) is 4.04. The minimum absolute atomic E-state index is 0.329. The number of thioether (sulfide) groups is 1. The van der Waals surface area contributed by atoms with Gasteiger partial charge in [-0.2, -0.15) is 4.89 Å². The van der Waals surface area contributed by atoms with Crippen LogP contribution in [0.3, 0.4) is 0 Å². The van der Waals surface area contributed by atoms with Gasteiger partial charge in [0.25, 0.3) is 0 Å². The van der Waals surface area contributed by atoms with Gasteiger partial charge in [0.2, 0.25) is 0 Å². The lowest BCUT2D eigenvalue weighted by Crippen LogP contribution is -2.31. The number of carbonyl (C=O) groups is 1. The first-order valence-corrected chi connectivity index (χ1v) is 6.82. The third-order valence-corrected chi connectivity index (χ3v) is 3.69. The molecule has 1 rings (SSSR count). The van der Waals surface area contributed by atoms with E-state index in [1.165, 1.54) is 11.8 Å². The van der Waals surface area contributed by atoms with Crippen LogP contribution in [-0.4, -0.2) is 21.5 Å². The lowest BCUT2D eigenvalue weighted by molar-refractivity contribution is -0.271. The van der Waals surface area contributed by atoms with Crippen LogP contribution in [0.25, 0.3) is 0 Å². The molecule has 1 aromatic rings. The van der Waals surface area contributed by atoms with Crippen LogP contribution >= 0.6 is 24.0 Å². The van der Waals surface area contributed by atoms with Crippen LogP contribution in [0.1, 0.15) is 26.3 Å². The van der Waals surface area contributed by atoms with Crippen molar-refractivity contribution >= 4 is 34.1 Å². The zero-order valence-electron chi connectivity index (χ0n) is 10.6. The zero-order chi connectivity index (χ0) is 13.6. The summed E-state index contributed by atoms with van der Waals surface area (Å²) in [6, 6.07) is 9.57. The van der Waals surface area contributed by atoms with E-state index in [9.17, 15) is 4.79 Å². The molecule has 5 heteroatoms. The maximum absolute atomic E-state index is 11.8. The van der Waals surface area contributed by atoms with E-state index in [-0.39, 0.29) is 0 Å². The topological polar surface area (TPSA) is 35.5 Å². The molecule has 0 amide bonds. The van der Waals surface area contributed by atoms with Crippen molar-refractivity contribution in [2.75, 3.05) is 6.61 Å². The van der Waals surface area contributed by atoms with Crippen LogP contribution in [-0.2, 0) is 14.6 Å². The largest absolute Gasteiger partial charge is 0.358 e. The van der Waals surface area contributed by atoms with Gasteiger partial charge >= 0.3 is 5.97 Å². The zero-order valence-corrected chi connectivity index (χ0v) is 12.3. The maximum Gasteiger partial charge on any atom is 0.358 e. The van der Waals surface area contributed by atoms with Gasteiger partial charge in [-0.25, -0.2) is 4.79 Å². The smallest absolute Gasteiger partial charge is 0.297 e. The number of carbonyl (C=O) groups excluding carboxylic acids is 1. The molecule has 0 aliphatic carbocycles. The Morgan fingerprint density at radius 1 is 1.33 bits per heavy atom. The van der Waals surface area contributed by atoms with Gasteiger partial charge in [0.15, 0.2) is 0 Å². The van der Waals surface area contributed by atoms with Crippen LogP contribution < -0.4 is 0 Å². The summed E-state index contributed by atoms with van der Waals surface area (Å²) in [7, 11) is 0. The Kier molecular flexibility index (Phi) is 5.78. The van der Waals surface area contributed by atoms with Gasteiger partial charge in [-0.3, -0.25) is 4.89 Å². The summed E-state index contributed by atoms with van der Waals surface area (Å²) < 4.78 is -0.115. The summed E-state index contributed by atoms with van der Waals surface area (Å²) in [6.45, 7) is 5.60. The van der Waals surface area contributed by atoms with Gasteiger partial charge in [-0.15, -0.1) is 0 Å². The highest BCUT2D eigenvalue weighted by atomic mass is 32.2. The normalized spacial score (nSPS) is 11.1. The van der Waals surface area contributed by atoms with E-state index < -0.39 is 10.7 Å². The van der Waals surface area contributed by atoms with Crippen LogP contribution in [0, 0.1) is 0 Å². The average molecular weight is 284 g/mol. The number of hydrogen-bond donors (Lipinski definition) is 0. The Bertz CT molecular complexity index is 416. The Morgan fingerprint density at radius 3 is 2.50 bits per heavy atom. The Hall–Kier alpha value is -0.910. The van der Waals surface area contributed by atoms with Crippen molar-refractivity contribution in [2.45, 2.75) is 25.5 Å². The maximum atomic E-state index is 11.8. The molecule has 0 heterocycles. The quantitative estimate of drug-likeness (QED) is 0.470. The Morgan fingerprint density at radius 2 is 1.94 bits per heavy atom. The summed E-state index contributed by atoms with van der Waals surface area (Å²) >= 11 is 6.61. The van der Waals surface area contributed by atoms with E-state index in [0.717, 1.165) is 5.56 Å². The molecule has 0 saturated carbocycles.